The first kappa shape index (κ1) is 12.8. The number of piperazine rings is 1. The molecule has 1 aromatic rings. The molecule has 2 aliphatic rings. The van der Waals surface area contributed by atoms with Crippen LogP contribution in [-0.4, -0.2) is 47.9 Å². The van der Waals surface area contributed by atoms with Crippen molar-refractivity contribution in [1.82, 2.24) is 9.80 Å². The molecule has 0 saturated carbocycles. The first-order chi connectivity index (χ1) is 9.15. The zero-order valence-corrected chi connectivity index (χ0v) is 11.6. The van der Waals surface area contributed by atoms with Gasteiger partial charge in [-0.3, -0.25) is 9.69 Å². The summed E-state index contributed by atoms with van der Waals surface area (Å²) in [5.74, 6) is 0.0284. The fraction of sp³-hybridized carbons (Fsp3) is 0.500. The highest BCUT2D eigenvalue weighted by molar-refractivity contribution is 6.31. The lowest BCUT2D eigenvalue weighted by molar-refractivity contribution is 0.0572. The minimum atomic E-state index is 0.0284. The normalized spacial score (nSPS) is 23.4. The minimum absolute atomic E-state index is 0.0284. The molecule has 3 rings (SSSR count). The highest BCUT2D eigenvalue weighted by Crippen LogP contribution is 2.24. The van der Waals surface area contributed by atoms with Gasteiger partial charge in [0.25, 0.3) is 5.91 Å². The monoisotopic (exact) mass is 279 g/mol. The number of anilines is 1. The maximum Gasteiger partial charge on any atom is 0.256 e. The van der Waals surface area contributed by atoms with Crippen LogP contribution in [0.2, 0.25) is 5.02 Å². The maximum absolute atomic E-state index is 12.5. The molecule has 1 unspecified atom stereocenters. The number of hydrogen-bond acceptors (Lipinski definition) is 3. The van der Waals surface area contributed by atoms with Gasteiger partial charge in [-0.05, 0) is 37.6 Å². The van der Waals surface area contributed by atoms with Crippen molar-refractivity contribution in [2.75, 3.05) is 31.9 Å². The van der Waals surface area contributed by atoms with Gasteiger partial charge in [-0.15, -0.1) is 0 Å². The molecule has 2 aliphatic heterocycles. The standard InChI is InChI=1S/C14H18ClN3O/c15-10-3-4-12(13(16)8-10)14(19)18-7-6-17-5-1-2-11(17)9-18/h3-4,8,11H,1-2,5-7,9,16H2. The molecule has 102 valence electrons. The summed E-state index contributed by atoms with van der Waals surface area (Å²) < 4.78 is 0. The smallest absolute Gasteiger partial charge is 0.256 e. The molecule has 1 atom stereocenters. The van der Waals surface area contributed by atoms with Crippen molar-refractivity contribution < 1.29 is 4.79 Å². The van der Waals surface area contributed by atoms with Crippen molar-refractivity contribution in [3.05, 3.63) is 28.8 Å². The molecule has 4 nitrogen and oxygen atoms in total. The lowest BCUT2D eigenvalue weighted by Crippen LogP contribution is -2.52. The number of amides is 1. The van der Waals surface area contributed by atoms with E-state index in [0.717, 1.165) is 19.6 Å². The summed E-state index contributed by atoms with van der Waals surface area (Å²) >= 11 is 5.87. The van der Waals surface area contributed by atoms with Crippen LogP contribution in [0.4, 0.5) is 5.69 Å². The van der Waals surface area contributed by atoms with E-state index in [4.69, 9.17) is 17.3 Å². The molecule has 0 radical (unpaired) electrons. The van der Waals surface area contributed by atoms with Crippen molar-refractivity contribution in [1.29, 1.82) is 0 Å². The lowest BCUT2D eigenvalue weighted by Gasteiger charge is -2.37. The molecule has 5 heteroatoms. The number of fused-ring (bicyclic) bond motifs is 1. The van der Waals surface area contributed by atoms with E-state index in [0.29, 0.717) is 22.3 Å². The fourth-order valence-electron chi connectivity index (χ4n) is 3.07. The number of benzene rings is 1. The van der Waals surface area contributed by atoms with Gasteiger partial charge in [-0.2, -0.15) is 0 Å². The zero-order valence-electron chi connectivity index (χ0n) is 10.8. The minimum Gasteiger partial charge on any atom is -0.398 e. The molecular formula is C14H18ClN3O. The Labute approximate surface area is 118 Å². The van der Waals surface area contributed by atoms with Gasteiger partial charge < -0.3 is 10.6 Å². The maximum atomic E-state index is 12.5. The summed E-state index contributed by atoms with van der Waals surface area (Å²) in [5.41, 5.74) is 6.92. The summed E-state index contributed by atoms with van der Waals surface area (Å²) in [6, 6.07) is 5.62. The van der Waals surface area contributed by atoms with Crippen molar-refractivity contribution in [2.24, 2.45) is 0 Å². The Morgan fingerprint density at radius 3 is 2.95 bits per heavy atom. The molecular weight excluding hydrogens is 262 g/mol. The van der Waals surface area contributed by atoms with Crippen LogP contribution in [0.1, 0.15) is 23.2 Å². The zero-order chi connectivity index (χ0) is 13.4. The Kier molecular flexibility index (Phi) is 3.37. The van der Waals surface area contributed by atoms with Crippen LogP contribution in [0, 0.1) is 0 Å². The topological polar surface area (TPSA) is 49.6 Å². The Morgan fingerprint density at radius 1 is 1.32 bits per heavy atom. The molecule has 0 bridgehead atoms. The van der Waals surface area contributed by atoms with Gasteiger partial charge in [0.15, 0.2) is 0 Å². The van der Waals surface area contributed by atoms with Gasteiger partial charge in [-0.25, -0.2) is 0 Å². The number of rotatable bonds is 1. The molecule has 19 heavy (non-hydrogen) atoms. The third kappa shape index (κ3) is 2.42. The number of carbonyl (C=O) groups is 1. The molecule has 0 aliphatic carbocycles. The summed E-state index contributed by atoms with van der Waals surface area (Å²) in [6.45, 7) is 3.76. The molecule has 0 aromatic heterocycles. The van der Waals surface area contributed by atoms with E-state index in [1.165, 1.54) is 19.4 Å². The van der Waals surface area contributed by atoms with Crippen LogP contribution < -0.4 is 5.73 Å². The lowest BCUT2D eigenvalue weighted by atomic mass is 10.1. The third-order valence-electron chi connectivity index (χ3n) is 4.12. The van der Waals surface area contributed by atoms with Crippen LogP contribution in [0.15, 0.2) is 18.2 Å². The third-order valence-corrected chi connectivity index (χ3v) is 4.35. The molecule has 2 N–H and O–H groups in total. The number of halogens is 1. The molecule has 2 saturated heterocycles. The van der Waals surface area contributed by atoms with Crippen molar-refractivity contribution >= 4 is 23.2 Å². The van der Waals surface area contributed by atoms with E-state index in [9.17, 15) is 4.79 Å². The average molecular weight is 280 g/mol. The van der Waals surface area contributed by atoms with Crippen molar-refractivity contribution in [2.45, 2.75) is 18.9 Å². The van der Waals surface area contributed by atoms with E-state index < -0.39 is 0 Å². The van der Waals surface area contributed by atoms with Crippen molar-refractivity contribution in [3.8, 4) is 0 Å². The summed E-state index contributed by atoms with van der Waals surface area (Å²) in [6.07, 6.45) is 2.44. The molecule has 1 aromatic carbocycles. The van der Waals surface area contributed by atoms with Crippen LogP contribution in [0.5, 0.6) is 0 Å². The number of nitrogens with zero attached hydrogens (tertiary/aromatic N) is 2. The highest BCUT2D eigenvalue weighted by Gasteiger charge is 2.33. The first-order valence-corrected chi connectivity index (χ1v) is 7.11. The van der Waals surface area contributed by atoms with Gasteiger partial charge in [0.1, 0.15) is 0 Å². The van der Waals surface area contributed by atoms with Crippen LogP contribution in [0.3, 0.4) is 0 Å². The number of hydrogen-bond donors (Lipinski definition) is 1. The second kappa shape index (κ2) is 5.02. The fourth-order valence-corrected chi connectivity index (χ4v) is 3.25. The van der Waals surface area contributed by atoms with E-state index in [-0.39, 0.29) is 5.91 Å². The molecule has 2 heterocycles. The van der Waals surface area contributed by atoms with Gasteiger partial charge in [0.05, 0.1) is 5.56 Å². The van der Waals surface area contributed by atoms with Crippen LogP contribution in [-0.2, 0) is 0 Å². The Hall–Kier alpha value is -1.26. The quantitative estimate of drug-likeness (QED) is 0.798. The molecule has 1 amide bonds. The van der Waals surface area contributed by atoms with Gasteiger partial charge in [-0.1, -0.05) is 11.6 Å². The number of nitrogens with two attached hydrogens (primary N) is 1. The van der Waals surface area contributed by atoms with Gasteiger partial charge in [0, 0.05) is 36.4 Å². The second-order valence-corrected chi connectivity index (χ2v) is 5.75. The Balaban J connectivity index is 1.76. The summed E-state index contributed by atoms with van der Waals surface area (Å²) in [7, 11) is 0. The molecule has 2 fully saturated rings. The van der Waals surface area contributed by atoms with Crippen molar-refractivity contribution in [3.63, 3.8) is 0 Å². The molecule has 0 spiro atoms. The SMILES string of the molecule is Nc1cc(Cl)ccc1C(=O)N1CCN2CCCC2C1. The predicted octanol–water partition coefficient (Wildman–Crippen LogP) is 1.84. The Bertz CT molecular complexity index is 505. The Morgan fingerprint density at radius 2 is 2.16 bits per heavy atom. The summed E-state index contributed by atoms with van der Waals surface area (Å²) in [4.78, 5) is 16.9. The van der Waals surface area contributed by atoms with Gasteiger partial charge >= 0.3 is 0 Å². The van der Waals surface area contributed by atoms with Gasteiger partial charge in [0.2, 0.25) is 0 Å². The average Bonchev–Trinajstić information content (AvgIpc) is 2.85. The second-order valence-electron chi connectivity index (χ2n) is 5.31. The number of nitrogen functional groups attached to an aromatic ring is 1. The van der Waals surface area contributed by atoms with E-state index in [1.807, 2.05) is 4.90 Å². The van der Waals surface area contributed by atoms with E-state index >= 15 is 0 Å². The van der Waals surface area contributed by atoms with Crippen LogP contribution in [0.25, 0.3) is 0 Å². The van der Waals surface area contributed by atoms with E-state index in [1.54, 1.807) is 18.2 Å². The number of carbonyl (C=O) groups excluding carboxylic acids is 1. The predicted molar refractivity (Wildman–Crippen MR) is 76.4 cm³/mol. The largest absolute Gasteiger partial charge is 0.398 e. The van der Waals surface area contributed by atoms with Crippen LogP contribution >= 0.6 is 11.6 Å². The first-order valence-electron chi connectivity index (χ1n) is 6.73. The van der Waals surface area contributed by atoms with E-state index in [2.05, 4.69) is 4.90 Å². The highest BCUT2D eigenvalue weighted by atomic mass is 35.5. The summed E-state index contributed by atoms with van der Waals surface area (Å²) in [5, 5.41) is 0.565.